The van der Waals surface area contributed by atoms with Crippen LogP contribution < -0.4 is 59.3 Å². The highest BCUT2D eigenvalue weighted by Gasteiger charge is 2.46. The molecule has 5 aromatic rings. The summed E-state index contributed by atoms with van der Waals surface area (Å²) in [6.45, 7) is 5.50. The zero-order valence-corrected chi connectivity index (χ0v) is 73.2. The van der Waals surface area contributed by atoms with Gasteiger partial charge in [0.15, 0.2) is 0 Å². The lowest BCUT2D eigenvalue weighted by Gasteiger charge is -2.34. The summed E-state index contributed by atoms with van der Waals surface area (Å²) < 4.78 is 1.47. The van der Waals surface area contributed by atoms with Gasteiger partial charge < -0.3 is 109 Å². The van der Waals surface area contributed by atoms with Crippen molar-refractivity contribution in [3.05, 3.63) is 102 Å². The third-order valence-corrected chi connectivity index (χ3v) is 24.8. The number of carbonyl (C=O) groups excluding carboxylic acids is 15. The summed E-state index contributed by atoms with van der Waals surface area (Å²) in [5.74, 6) is -13.6. The minimum absolute atomic E-state index is 0.0220. The molecule has 10 rings (SSSR count). The molecule has 5 saturated heterocycles. The van der Waals surface area contributed by atoms with Gasteiger partial charge in [0, 0.05) is 106 Å². The smallest absolute Gasteiger partial charge is 0.323 e. The fourth-order valence-corrected chi connectivity index (χ4v) is 18.2. The number of amides is 15. The van der Waals surface area contributed by atoms with E-state index in [-0.39, 0.29) is 132 Å². The fraction of sp³-hybridized carbons (Fsp3) is 0.568. The van der Waals surface area contributed by atoms with Gasteiger partial charge in [0.1, 0.15) is 84.8 Å². The largest absolute Gasteiger partial charge is 0.508 e. The SMILES string of the molecule is CC(C)C[C@@H]1NC(=O)C2CCCCCCCCC(NC(=O)[C@H](Cc3cn(CC(=O)O)c4ccccc34)NC(=O)[C@H](CCN)NC(=O)[C@H](Cc3c[nH]c4ccccc34)NC(=O)[C@@H]3C[C@@H](O)CN3C(=O)[C@H](CC(C)C)NC(=O)CNC(=O)[C@H]3CCCN3C(=O)[C@@H](CC(N)=O)NC(=O)[C@@H]3CCCN3C(=O)[C@H](Cc3ccc(O)cc3)NC(=O)CSCCN(C)C1=O)C(=O)N2C. The second-order valence-electron chi connectivity index (χ2n) is 34.4. The molecule has 3 aromatic carbocycles. The maximum Gasteiger partial charge on any atom is 0.323 e. The van der Waals surface area contributed by atoms with Crippen molar-refractivity contribution in [2.24, 2.45) is 23.3 Å². The number of aliphatic carboxylic acids is 1. The van der Waals surface area contributed by atoms with Crippen LogP contribution in [0, 0.1) is 11.8 Å². The number of likely N-dealkylation sites (N-methyl/N-ethyl adjacent to an activating group) is 2. The average molecular weight is 1770 g/mol. The highest BCUT2D eigenvalue weighted by Crippen LogP contribution is 2.29. The molecule has 0 saturated carbocycles. The maximum absolute atomic E-state index is 15.6. The predicted molar refractivity (Wildman–Crippen MR) is 466 cm³/mol. The van der Waals surface area contributed by atoms with Crippen LogP contribution in [0.4, 0.5) is 0 Å². The van der Waals surface area contributed by atoms with Crippen molar-refractivity contribution in [2.75, 3.05) is 64.9 Å². The first-order chi connectivity index (χ1) is 60.2. The lowest BCUT2D eigenvalue weighted by atomic mass is 9.97. The molecule has 0 aliphatic carbocycles. The van der Waals surface area contributed by atoms with E-state index in [0.717, 1.165) is 34.4 Å². The van der Waals surface area contributed by atoms with E-state index in [9.17, 15) is 58.5 Å². The first kappa shape index (κ1) is 96.5. The van der Waals surface area contributed by atoms with Gasteiger partial charge >= 0.3 is 5.97 Å². The van der Waals surface area contributed by atoms with Gasteiger partial charge in [0.25, 0.3) is 0 Å². The van der Waals surface area contributed by atoms with Crippen molar-refractivity contribution in [3.63, 3.8) is 0 Å². The van der Waals surface area contributed by atoms with Gasteiger partial charge in [-0.15, -0.1) is 0 Å². The normalized spacial score (nSPS) is 26.0. The number of primary amides is 1. The molecule has 7 heterocycles. The lowest BCUT2D eigenvalue weighted by molar-refractivity contribution is -0.145. The molecular weight excluding hydrogens is 1650 g/mol. The number of para-hydroxylation sites is 2. The Kier molecular flexibility index (Phi) is 34.8. The van der Waals surface area contributed by atoms with Gasteiger partial charge in [-0.05, 0) is 117 Å². The molecule has 126 heavy (non-hydrogen) atoms. The highest BCUT2D eigenvalue weighted by atomic mass is 32.2. The van der Waals surface area contributed by atoms with Gasteiger partial charge in [-0.1, -0.05) is 115 Å². The Balaban J connectivity index is 0.975. The zero-order valence-electron chi connectivity index (χ0n) is 72.4. The number of aromatic hydroxyl groups is 1. The van der Waals surface area contributed by atoms with E-state index in [4.69, 9.17) is 11.5 Å². The number of aliphatic hydroxyl groups excluding tert-OH is 1. The van der Waals surface area contributed by atoms with Crippen molar-refractivity contribution in [3.8, 4) is 5.75 Å². The Morgan fingerprint density at radius 1 is 0.516 bits per heavy atom. The molecule has 38 heteroatoms. The van der Waals surface area contributed by atoms with E-state index < -0.39 is 199 Å². The topological polar surface area (TPSA) is 531 Å². The number of nitrogens with two attached hydrogens (primary N) is 2. The number of hydrogen-bond donors (Lipinski definition) is 15. The van der Waals surface area contributed by atoms with Crippen LogP contribution in [0.5, 0.6) is 5.75 Å². The number of aliphatic hydroxyl groups is 1. The molecule has 2 unspecified atom stereocenters. The van der Waals surface area contributed by atoms with E-state index in [1.165, 1.54) is 38.4 Å². The summed E-state index contributed by atoms with van der Waals surface area (Å²) >= 11 is 1.14. The van der Waals surface area contributed by atoms with Crippen molar-refractivity contribution in [2.45, 2.75) is 241 Å². The molecule has 5 aliphatic heterocycles. The molecule has 37 nitrogen and oxygen atoms in total. The van der Waals surface area contributed by atoms with Gasteiger partial charge in [-0.25, -0.2) is 0 Å². The van der Waals surface area contributed by atoms with Gasteiger partial charge in [0.2, 0.25) is 88.6 Å². The number of nitrogens with zero attached hydrogens (tertiary/aromatic N) is 6. The Bertz CT molecular complexity index is 4770. The monoisotopic (exact) mass is 1770 g/mol. The first-order valence-corrected chi connectivity index (χ1v) is 44.8. The van der Waals surface area contributed by atoms with Crippen molar-refractivity contribution >= 4 is 128 Å². The number of fused-ring (bicyclic) bond motifs is 8. The summed E-state index contributed by atoms with van der Waals surface area (Å²) in [4.78, 5) is 242. The van der Waals surface area contributed by atoms with E-state index in [1.54, 1.807) is 94.0 Å². The second kappa shape index (κ2) is 45.5. The molecule has 5 fully saturated rings. The van der Waals surface area contributed by atoms with Crippen LogP contribution in [-0.4, -0.2) is 287 Å². The number of H-pyrrole nitrogens is 1. The second-order valence-corrected chi connectivity index (χ2v) is 35.5. The van der Waals surface area contributed by atoms with E-state index in [2.05, 4.69) is 52.8 Å². The third-order valence-electron chi connectivity index (χ3n) is 23.8. The van der Waals surface area contributed by atoms with Crippen LogP contribution in [0.15, 0.2) is 85.2 Å². The van der Waals surface area contributed by atoms with E-state index in [0.29, 0.717) is 70.6 Å². The summed E-state index contributed by atoms with van der Waals surface area (Å²) in [6, 6.07) is 3.26. The fourth-order valence-electron chi connectivity index (χ4n) is 17.4. The van der Waals surface area contributed by atoms with Crippen molar-refractivity contribution in [1.29, 1.82) is 0 Å². The molecule has 2 aromatic heterocycles. The zero-order chi connectivity index (χ0) is 91.2. The van der Waals surface area contributed by atoms with Gasteiger partial charge in [-0.3, -0.25) is 76.7 Å². The van der Waals surface area contributed by atoms with Crippen LogP contribution >= 0.6 is 11.8 Å². The molecule has 684 valence electrons. The number of carboxylic acid groups (broad SMARTS) is 1. The van der Waals surface area contributed by atoms with Gasteiger partial charge in [0.05, 0.1) is 24.8 Å². The summed E-state index contributed by atoms with van der Waals surface area (Å²) in [5, 5.41) is 57.7. The Morgan fingerprint density at radius 3 is 1.71 bits per heavy atom. The van der Waals surface area contributed by atoms with Gasteiger partial charge in [-0.2, -0.15) is 11.8 Å². The lowest BCUT2D eigenvalue weighted by Crippen LogP contribution is -2.61. The van der Waals surface area contributed by atoms with Crippen LogP contribution in [0.3, 0.4) is 0 Å². The minimum Gasteiger partial charge on any atom is -0.508 e. The third kappa shape index (κ3) is 26.0. The van der Waals surface area contributed by atoms with Crippen LogP contribution in [0.25, 0.3) is 21.8 Å². The molecule has 0 spiro atoms. The summed E-state index contributed by atoms with van der Waals surface area (Å²) in [7, 11) is 2.99. The number of carbonyl (C=O) groups is 16. The number of thioether (sulfide) groups is 1. The number of rotatable bonds is 16. The molecule has 13 atom stereocenters. The minimum atomic E-state index is -1.65. The molecule has 2 bridgehead atoms. The average Bonchev–Trinajstić information content (AvgIpc) is 1.64. The molecule has 5 aliphatic rings. The van der Waals surface area contributed by atoms with E-state index >= 15 is 33.6 Å². The number of aromatic nitrogens is 2. The predicted octanol–water partition coefficient (Wildman–Crippen LogP) is 0.362. The maximum atomic E-state index is 15.6. The molecule has 0 radical (unpaired) electrons. The quantitative estimate of drug-likeness (QED) is 0.0634. The first-order valence-electron chi connectivity index (χ1n) is 43.6. The molecule has 15 amide bonds. The van der Waals surface area contributed by atoms with E-state index in [1.807, 2.05) is 13.8 Å². The molecular formula is C88H122N18O19S. The number of phenolic OH excluding ortho intramolecular Hbond substituents is 1. The number of carboxylic acids is 1. The standard InChI is InChI=1S/C88H122N18O19S/c1-50(2)37-64-84(121)101(5)35-36-126-49-75(111)94-66(39-52-27-29-55(107)30-28-52)86(123)105-34-18-26-71(105)82(119)100-67(43-73(90)109)87(124)104-33-17-25-70(104)80(117)92-45-74(110)93-65(38-51(3)4)88(125)106-47-56(108)42-72(106)83(120)98-62(40-53-44-91-59-21-15-13-19-57(53)59)78(115)95-60(31-32-89)77(114)97-63(41-54-46-103(48-76(112)113)68-23-16-14-20-58(54)68)79(116)96-61-22-11-9-7-8-10-12-24-69(81(118)99-64)102(6)85(61)122/h13-16,19-21,23,27-30,44,46,50-51,56,60-67,69-72,91,107-108H,7-12,17-18,22,24-26,31-43,45,47-49,89H2,1-6H3,(H2,90,109)(H,92,117)(H,93,110)(H,94,111)(H,95,115)(H,96,116)(H,97,114)(H,98,120)(H,99,118)(H,100,119)(H,112,113)/t56-,60+,61?,62+,63+,64+,65+,66+,67-,69?,70-,71+,72+/m1/s1. The van der Waals surface area contributed by atoms with Crippen LogP contribution in [-0.2, 0) is 103 Å². The number of benzene rings is 3. The number of phenols is 1. The number of hydrogen-bond acceptors (Lipinski definition) is 20. The highest BCUT2D eigenvalue weighted by molar-refractivity contribution is 7.99. The van der Waals surface area contributed by atoms with Crippen LogP contribution in [0.2, 0.25) is 0 Å². The van der Waals surface area contributed by atoms with Crippen LogP contribution in [0.1, 0.15) is 154 Å². The Hall–Kier alpha value is -11.7. The number of nitrogens with one attached hydrogen (secondary N) is 10. The summed E-state index contributed by atoms with van der Waals surface area (Å²) in [5.41, 5.74) is 14.6. The van der Waals surface area contributed by atoms with Crippen molar-refractivity contribution in [1.82, 2.24) is 81.9 Å². The molecule has 17 N–H and O–H groups in total. The Morgan fingerprint density at radius 2 is 1.05 bits per heavy atom. The Labute approximate surface area is 735 Å². The van der Waals surface area contributed by atoms with Crippen molar-refractivity contribution < 1.29 is 92.0 Å². The number of aromatic amines is 1. The summed E-state index contributed by atoms with van der Waals surface area (Å²) in [6.07, 6.45) is 4.87.